The molecule has 118 valence electrons. The summed E-state index contributed by atoms with van der Waals surface area (Å²) in [5, 5.41) is 0. The van der Waals surface area contributed by atoms with E-state index in [1.165, 1.54) is 0 Å². The Bertz CT molecular complexity index is 609. The van der Waals surface area contributed by atoms with E-state index < -0.39 is 0 Å². The summed E-state index contributed by atoms with van der Waals surface area (Å²) in [5.41, 5.74) is 2.17. The highest BCUT2D eigenvalue weighted by molar-refractivity contribution is 5.26. The lowest BCUT2D eigenvalue weighted by molar-refractivity contribution is -0.0369. The summed E-state index contributed by atoms with van der Waals surface area (Å²) in [5.74, 6) is 1.64. The number of aromatic amines is 1. The van der Waals surface area contributed by atoms with Crippen molar-refractivity contribution in [1.82, 2.24) is 24.8 Å². The first-order valence-electron chi connectivity index (χ1n) is 7.45. The number of hydrogen-bond acceptors (Lipinski definition) is 6. The molecule has 0 saturated carbocycles. The molecule has 0 unspecified atom stereocenters. The summed E-state index contributed by atoms with van der Waals surface area (Å²) in [4.78, 5) is 20.6. The molecular formula is C15H22N6O. The second-order valence-corrected chi connectivity index (χ2v) is 5.83. The van der Waals surface area contributed by atoms with Crippen LogP contribution in [-0.2, 0) is 11.3 Å². The number of imidazole rings is 1. The molecule has 0 amide bonds. The second-order valence-electron chi connectivity index (χ2n) is 5.83. The lowest BCUT2D eigenvalue weighted by atomic mass is 10.2. The maximum Gasteiger partial charge on any atom is 0.224 e. The average Bonchev–Trinajstić information content (AvgIpc) is 2.95. The fourth-order valence-corrected chi connectivity index (χ4v) is 2.53. The van der Waals surface area contributed by atoms with Gasteiger partial charge in [0, 0.05) is 63.6 Å². The summed E-state index contributed by atoms with van der Waals surface area (Å²) in [7, 11) is 3.87. The number of H-pyrrole nitrogens is 1. The van der Waals surface area contributed by atoms with Crippen LogP contribution in [0.2, 0.25) is 0 Å². The third kappa shape index (κ3) is 3.42. The molecule has 0 bridgehead atoms. The first-order chi connectivity index (χ1) is 10.6. The van der Waals surface area contributed by atoms with Gasteiger partial charge in [0.05, 0.1) is 6.61 Å². The van der Waals surface area contributed by atoms with Gasteiger partial charge in [0.1, 0.15) is 11.9 Å². The van der Waals surface area contributed by atoms with E-state index in [0.29, 0.717) is 6.61 Å². The van der Waals surface area contributed by atoms with Crippen molar-refractivity contribution >= 4 is 5.95 Å². The van der Waals surface area contributed by atoms with Gasteiger partial charge < -0.3 is 14.6 Å². The fourth-order valence-electron chi connectivity index (χ4n) is 2.53. The Labute approximate surface area is 130 Å². The van der Waals surface area contributed by atoms with Gasteiger partial charge in [-0.2, -0.15) is 0 Å². The van der Waals surface area contributed by atoms with Gasteiger partial charge in [-0.1, -0.05) is 0 Å². The molecule has 3 heterocycles. The molecule has 1 atom stereocenters. The molecule has 0 radical (unpaired) electrons. The van der Waals surface area contributed by atoms with Crippen molar-refractivity contribution in [2.45, 2.75) is 19.6 Å². The zero-order valence-corrected chi connectivity index (χ0v) is 13.3. The van der Waals surface area contributed by atoms with Crippen molar-refractivity contribution in [2.75, 3.05) is 38.7 Å². The number of nitrogens with zero attached hydrogens (tertiary/aromatic N) is 5. The highest BCUT2D eigenvalue weighted by Crippen LogP contribution is 2.21. The molecule has 2 aromatic heterocycles. The largest absolute Gasteiger partial charge is 0.368 e. The minimum Gasteiger partial charge on any atom is -0.368 e. The quantitative estimate of drug-likeness (QED) is 0.913. The van der Waals surface area contributed by atoms with Crippen LogP contribution < -0.4 is 4.90 Å². The SMILES string of the molecule is Cc1cnc([C@H]2CN(Cc3cnc(N(C)C)nc3)CCO2)[nH]1. The highest BCUT2D eigenvalue weighted by Gasteiger charge is 2.24. The third-order valence-corrected chi connectivity index (χ3v) is 3.68. The van der Waals surface area contributed by atoms with E-state index in [-0.39, 0.29) is 6.10 Å². The topological polar surface area (TPSA) is 70.2 Å². The fraction of sp³-hybridized carbons (Fsp3) is 0.533. The zero-order valence-electron chi connectivity index (χ0n) is 13.3. The molecular weight excluding hydrogens is 280 g/mol. The maximum absolute atomic E-state index is 5.82. The normalized spacial score (nSPS) is 19.3. The van der Waals surface area contributed by atoms with Crippen molar-refractivity contribution < 1.29 is 4.74 Å². The zero-order chi connectivity index (χ0) is 15.5. The van der Waals surface area contributed by atoms with Crippen LogP contribution in [0.4, 0.5) is 5.95 Å². The standard InChI is InChI=1S/C15H22N6O/c1-11-6-16-14(19-11)13-10-21(4-5-22-13)9-12-7-17-15(18-8-12)20(2)3/h6-8,13H,4-5,9-10H2,1-3H3,(H,16,19)/t13-/m1/s1. The Hall–Kier alpha value is -1.99. The van der Waals surface area contributed by atoms with Crippen molar-refractivity contribution in [3.8, 4) is 0 Å². The molecule has 2 aromatic rings. The molecule has 0 aliphatic carbocycles. The first kappa shape index (κ1) is 14.9. The Morgan fingerprint density at radius 2 is 2.05 bits per heavy atom. The Morgan fingerprint density at radius 1 is 1.27 bits per heavy atom. The number of anilines is 1. The second kappa shape index (κ2) is 6.41. The van der Waals surface area contributed by atoms with Crippen LogP contribution in [0.5, 0.6) is 0 Å². The van der Waals surface area contributed by atoms with Gasteiger partial charge in [-0.05, 0) is 6.92 Å². The summed E-state index contributed by atoms with van der Waals surface area (Å²) >= 11 is 0. The minimum absolute atomic E-state index is 0.00409. The molecule has 1 N–H and O–H groups in total. The van der Waals surface area contributed by atoms with E-state index >= 15 is 0 Å². The molecule has 1 aliphatic heterocycles. The van der Waals surface area contributed by atoms with E-state index in [0.717, 1.165) is 42.7 Å². The van der Waals surface area contributed by atoms with Crippen LogP contribution >= 0.6 is 0 Å². The van der Waals surface area contributed by atoms with Gasteiger partial charge in [-0.15, -0.1) is 0 Å². The number of hydrogen-bond donors (Lipinski definition) is 1. The monoisotopic (exact) mass is 302 g/mol. The molecule has 1 fully saturated rings. The van der Waals surface area contributed by atoms with Gasteiger partial charge in [-0.25, -0.2) is 15.0 Å². The van der Waals surface area contributed by atoms with Crippen LogP contribution in [0.25, 0.3) is 0 Å². The Kier molecular flexibility index (Phi) is 4.35. The van der Waals surface area contributed by atoms with E-state index in [2.05, 4.69) is 24.8 Å². The molecule has 7 nitrogen and oxygen atoms in total. The molecule has 1 aliphatic rings. The van der Waals surface area contributed by atoms with Crippen LogP contribution in [0.3, 0.4) is 0 Å². The maximum atomic E-state index is 5.82. The van der Waals surface area contributed by atoms with Crippen LogP contribution in [0, 0.1) is 6.92 Å². The van der Waals surface area contributed by atoms with Gasteiger partial charge in [0.25, 0.3) is 0 Å². The summed E-state index contributed by atoms with van der Waals surface area (Å²) < 4.78 is 5.82. The first-order valence-corrected chi connectivity index (χ1v) is 7.45. The number of aryl methyl sites for hydroxylation is 1. The molecule has 0 spiro atoms. The van der Waals surface area contributed by atoms with Gasteiger partial charge in [0.15, 0.2) is 0 Å². The third-order valence-electron chi connectivity index (χ3n) is 3.68. The number of ether oxygens (including phenoxy) is 1. The molecule has 22 heavy (non-hydrogen) atoms. The summed E-state index contributed by atoms with van der Waals surface area (Å²) in [6.07, 6.45) is 5.63. The lowest BCUT2D eigenvalue weighted by Gasteiger charge is -2.31. The van der Waals surface area contributed by atoms with Crippen molar-refractivity contribution in [3.05, 3.63) is 35.7 Å². The summed E-state index contributed by atoms with van der Waals surface area (Å²) in [6, 6.07) is 0. The van der Waals surface area contributed by atoms with Gasteiger partial charge in [0.2, 0.25) is 5.95 Å². The highest BCUT2D eigenvalue weighted by atomic mass is 16.5. The number of aromatic nitrogens is 4. The summed E-state index contributed by atoms with van der Waals surface area (Å²) in [6.45, 7) is 5.27. The molecule has 7 heteroatoms. The predicted molar refractivity (Wildman–Crippen MR) is 83.7 cm³/mol. The van der Waals surface area contributed by atoms with Crippen LogP contribution in [-0.4, -0.2) is 58.6 Å². The van der Waals surface area contributed by atoms with Gasteiger partial charge >= 0.3 is 0 Å². The van der Waals surface area contributed by atoms with Crippen molar-refractivity contribution in [1.29, 1.82) is 0 Å². The van der Waals surface area contributed by atoms with Crippen molar-refractivity contribution in [2.24, 2.45) is 0 Å². The molecule has 1 saturated heterocycles. The average molecular weight is 302 g/mol. The predicted octanol–water partition coefficient (Wildman–Crippen LogP) is 1.15. The molecule has 0 aromatic carbocycles. The smallest absolute Gasteiger partial charge is 0.224 e. The van der Waals surface area contributed by atoms with Crippen LogP contribution in [0.1, 0.15) is 23.2 Å². The Balaban J connectivity index is 1.62. The van der Waals surface area contributed by atoms with Crippen LogP contribution in [0.15, 0.2) is 18.6 Å². The molecule has 3 rings (SSSR count). The number of nitrogens with one attached hydrogen (secondary N) is 1. The van der Waals surface area contributed by atoms with E-state index in [1.54, 1.807) is 0 Å². The lowest BCUT2D eigenvalue weighted by Crippen LogP contribution is -2.38. The van der Waals surface area contributed by atoms with E-state index in [9.17, 15) is 0 Å². The minimum atomic E-state index is 0.00409. The van der Waals surface area contributed by atoms with E-state index in [4.69, 9.17) is 4.74 Å². The van der Waals surface area contributed by atoms with Crippen molar-refractivity contribution in [3.63, 3.8) is 0 Å². The van der Waals surface area contributed by atoms with E-state index in [1.807, 2.05) is 44.5 Å². The number of morpholine rings is 1. The Morgan fingerprint density at radius 3 is 2.68 bits per heavy atom. The van der Waals surface area contributed by atoms with Gasteiger partial charge in [-0.3, -0.25) is 4.90 Å². The number of rotatable bonds is 4.